The molecule has 2 heteroatoms. The fraction of sp³-hybridized carbons (Fsp3) is 1.00. The smallest absolute Gasteiger partial charge is 0.0497 e. The Morgan fingerprint density at radius 1 is 1.15 bits per heavy atom. The molecule has 0 bridgehead atoms. The zero-order valence-electron chi connectivity index (χ0n) is 9.89. The Morgan fingerprint density at radius 3 is 2.08 bits per heavy atom. The second-order valence-electron chi connectivity index (χ2n) is 4.39. The van der Waals surface area contributed by atoms with Crippen molar-refractivity contribution in [1.82, 2.24) is 0 Å². The molecule has 0 unspecified atom stereocenters. The summed E-state index contributed by atoms with van der Waals surface area (Å²) >= 11 is 0. The van der Waals surface area contributed by atoms with E-state index in [2.05, 4.69) is 6.92 Å². The predicted octanol–water partition coefficient (Wildman–Crippen LogP) is 3.76. The summed E-state index contributed by atoms with van der Waals surface area (Å²) in [5, 5.41) is 0. The molecule has 73 valence electrons. The van der Waals surface area contributed by atoms with Crippen molar-refractivity contribution in [3.05, 3.63) is 0 Å². The molecule has 2 fully saturated rings. The van der Waals surface area contributed by atoms with Crippen molar-refractivity contribution in [2.75, 3.05) is 18.5 Å². The molecule has 0 aromatic heterocycles. The first-order chi connectivity index (χ1) is 6.22. The van der Waals surface area contributed by atoms with Gasteiger partial charge < -0.3 is 0 Å². The van der Waals surface area contributed by atoms with Crippen molar-refractivity contribution in [2.24, 2.45) is 0 Å². The van der Waals surface area contributed by atoms with Crippen LogP contribution in [0, 0.1) is 0 Å². The fourth-order valence-electron chi connectivity index (χ4n) is 2.68. The van der Waals surface area contributed by atoms with Crippen LogP contribution in [-0.2, 0) is 32.7 Å². The van der Waals surface area contributed by atoms with Gasteiger partial charge in [0.1, 0.15) is 0 Å². The van der Waals surface area contributed by atoms with E-state index in [9.17, 15) is 0 Å². The van der Waals surface area contributed by atoms with Crippen LogP contribution in [-0.4, -0.2) is 24.1 Å². The third-order valence-electron chi connectivity index (χ3n) is 3.67. The first kappa shape index (κ1) is 11.0. The first-order valence-electron chi connectivity index (χ1n) is 6.09. The number of hydrogen-bond donors (Lipinski definition) is 0. The van der Waals surface area contributed by atoms with E-state index < -0.39 is 7.26 Å². The molecule has 13 heavy (non-hydrogen) atoms. The summed E-state index contributed by atoms with van der Waals surface area (Å²) in [6, 6.07) is 0. The van der Waals surface area contributed by atoms with Gasteiger partial charge >= 0.3 is 0 Å². The zero-order chi connectivity index (χ0) is 9.36. The van der Waals surface area contributed by atoms with Crippen LogP contribution in [0.1, 0.15) is 46.8 Å². The van der Waals surface area contributed by atoms with Gasteiger partial charge in [-0.05, 0) is 45.4 Å². The minimum Gasteiger partial charge on any atom is -0.0497 e. The molecule has 0 atom stereocenters. The Hall–Kier alpha value is 1.53. The topological polar surface area (TPSA) is 0 Å². The van der Waals surface area contributed by atoms with Gasteiger partial charge in [0.15, 0.2) is 0 Å². The molecule has 0 nitrogen and oxygen atoms in total. The molecule has 2 aliphatic rings. The van der Waals surface area contributed by atoms with Crippen LogP contribution in [0.5, 0.6) is 0 Å². The SMILES string of the molecule is [2H]C1([P+]2(CC)CCCCCC2)CC1.[Y]. The maximum Gasteiger partial charge on any atom is 0.0745 e. The number of rotatable bonds is 2. The van der Waals surface area contributed by atoms with Gasteiger partial charge in [-0.3, -0.25) is 0 Å². The maximum atomic E-state index is 8.43. The van der Waals surface area contributed by atoms with Crippen LogP contribution in [0.15, 0.2) is 0 Å². The molecule has 0 N–H and O–H groups in total. The fourth-order valence-corrected chi connectivity index (χ4v) is 7.33. The summed E-state index contributed by atoms with van der Waals surface area (Å²) in [6.07, 6.45) is 12.5. The van der Waals surface area contributed by atoms with E-state index in [4.69, 9.17) is 1.37 Å². The van der Waals surface area contributed by atoms with Gasteiger partial charge in [0.2, 0.25) is 0 Å². The van der Waals surface area contributed by atoms with Crippen molar-refractivity contribution in [1.29, 1.82) is 0 Å². The molecule has 0 spiro atoms. The average Bonchev–Trinajstić information content (AvgIpc) is 2.89. The monoisotopic (exact) mass is 275 g/mol. The van der Waals surface area contributed by atoms with E-state index in [0.717, 1.165) is 0 Å². The Morgan fingerprint density at radius 2 is 1.69 bits per heavy atom. The van der Waals surface area contributed by atoms with Gasteiger partial charge in [0.25, 0.3) is 0 Å². The van der Waals surface area contributed by atoms with Crippen molar-refractivity contribution in [3.8, 4) is 0 Å². The van der Waals surface area contributed by atoms with Crippen molar-refractivity contribution in [3.63, 3.8) is 0 Å². The predicted molar refractivity (Wildman–Crippen MR) is 58.7 cm³/mol. The minimum absolute atomic E-state index is 0. The van der Waals surface area contributed by atoms with Gasteiger partial charge in [-0.15, -0.1) is 0 Å². The largest absolute Gasteiger partial charge is 0.0745 e. The Balaban J connectivity index is 0.000000980. The third kappa shape index (κ3) is 2.99. The normalized spacial score (nSPS) is 31.0. The van der Waals surface area contributed by atoms with E-state index in [1.165, 1.54) is 57.0 Å². The van der Waals surface area contributed by atoms with Crippen LogP contribution in [0.2, 0.25) is 0 Å². The molecular weight excluding hydrogens is 252 g/mol. The Kier molecular flexibility index (Phi) is 4.73. The summed E-state index contributed by atoms with van der Waals surface area (Å²) in [5.41, 5.74) is 0.117. The van der Waals surface area contributed by atoms with E-state index in [-0.39, 0.29) is 38.3 Å². The summed E-state index contributed by atoms with van der Waals surface area (Å²) in [4.78, 5) is 0. The molecule has 2 rings (SSSR count). The summed E-state index contributed by atoms with van der Waals surface area (Å²) < 4.78 is 8.43. The molecular formula is C11H22PY+. The standard InChI is InChI=1S/C11H22P.Y/c1-2-12(11-7-8-11)9-5-3-4-6-10-12;/h11H,2-10H2,1H3;/q+1;/i11D;. The van der Waals surface area contributed by atoms with E-state index in [1.807, 2.05) is 0 Å². The van der Waals surface area contributed by atoms with Crippen LogP contribution >= 0.6 is 7.26 Å². The molecule has 1 aliphatic carbocycles. The van der Waals surface area contributed by atoms with E-state index in [1.54, 1.807) is 0 Å². The van der Waals surface area contributed by atoms with Crippen LogP contribution in [0.3, 0.4) is 0 Å². The first-order valence-corrected chi connectivity index (χ1v) is 7.93. The van der Waals surface area contributed by atoms with E-state index >= 15 is 0 Å². The molecule has 1 heterocycles. The molecule has 1 aliphatic heterocycles. The van der Waals surface area contributed by atoms with Crippen LogP contribution in [0.4, 0.5) is 0 Å². The van der Waals surface area contributed by atoms with Gasteiger partial charge in [0.05, 0.1) is 25.5 Å². The van der Waals surface area contributed by atoms with Gasteiger partial charge in [0, 0.05) is 40.0 Å². The third-order valence-corrected chi connectivity index (χ3v) is 9.02. The van der Waals surface area contributed by atoms with Crippen molar-refractivity contribution < 1.29 is 34.1 Å². The maximum absolute atomic E-state index is 8.43. The molecule has 1 saturated carbocycles. The summed E-state index contributed by atoms with van der Waals surface area (Å²) in [7, 11) is -0.821. The van der Waals surface area contributed by atoms with Crippen LogP contribution < -0.4 is 0 Å². The van der Waals surface area contributed by atoms with Gasteiger partial charge in [-0.25, -0.2) is 0 Å². The molecule has 0 aromatic carbocycles. The van der Waals surface area contributed by atoms with E-state index in [0.29, 0.717) is 0 Å². The Bertz CT molecular complexity index is 184. The number of hydrogen-bond acceptors (Lipinski definition) is 0. The Labute approximate surface area is 110 Å². The van der Waals surface area contributed by atoms with Crippen LogP contribution in [0.25, 0.3) is 0 Å². The molecule has 0 amide bonds. The summed E-state index contributed by atoms with van der Waals surface area (Å²) in [6.45, 7) is 2.35. The van der Waals surface area contributed by atoms with Gasteiger partial charge in [-0.1, -0.05) is 0 Å². The minimum atomic E-state index is -0.821. The second-order valence-corrected chi connectivity index (χ2v) is 8.84. The quantitative estimate of drug-likeness (QED) is 0.673. The molecule has 1 saturated heterocycles. The van der Waals surface area contributed by atoms with Crippen molar-refractivity contribution in [2.45, 2.75) is 51.1 Å². The summed E-state index contributed by atoms with van der Waals surface area (Å²) in [5.74, 6) is 0. The van der Waals surface area contributed by atoms with Gasteiger partial charge in [-0.2, -0.15) is 0 Å². The second kappa shape index (κ2) is 5.57. The average molecular weight is 275 g/mol. The molecule has 0 aromatic rings. The van der Waals surface area contributed by atoms with Crippen molar-refractivity contribution >= 4 is 7.26 Å². The molecule has 1 radical (unpaired) electrons. The zero-order valence-corrected chi connectivity index (χ0v) is 12.6.